The quantitative estimate of drug-likeness (QED) is 0.720. The van der Waals surface area contributed by atoms with Crippen LogP contribution in [-0.2, 0) is 4.79 Å². The van der Waals surface area contributed by atoms with Gasteiger partial charge in [-0.3, -0.25) is 9.59 Å². The first-order valence-corrected chi connectivity index (χ1v) is 9.24. The minimum Gasteiger partial charge on any atom is -0.497 e. The van der Waals surface area contributed by atoms with Crippen molar-refractivity contribution >= 4 is 23.7 Å². The molecule has 1 fully saturated rings. The Balaban J connectivity index is 1.82. The lowest BCUT2D eigenvalue weighted by atomic mass is 10.1. The van der Waals surface area contributed by atoms with E-state index in [0.29, 0.717) is 41.6 Å². The van der Waals surface area contributed by atoms with Gasteiger partial charge in [-0.2, -0.15) is 0 Å². The number of nitrogens with one attached hydrogen (secondary N) is 1. The summed E-state index contributed by atoms with van der Waals surface area (Å²) in [5.41, 5.74) is 1.93. The van der Waals surface area contributed by atoms with E-state index < -0.39 is 0 Å². The van der Waals surface area contributed by atoms with Crippen molar-refractivity contribution in [2.75, 3.05) is 57.7 Å². The van der Waals surface area contributed by atoms with Gasteiger partial charge in [-0.1, -0.05) is 0 Å². The second-order valence-corrected chi connectivity index (χ2v) is 6.57. The number of nitrogens with zero attached hydrogens (tertiary/aromatic N) is 2. The lowest BCUT2D eigenvalue weighted by Gasteiger charge is -2.34. The van der Waals surface area contributed by atoms with Crippen LogP contribution in [-0.4, -0.2) is 64.7 Å². The van der Waals surface area contributed by atoms with E-state index in [9.17, 15) is 9.59 Å². The SMILES string of the molecule is COc1cc(OC)cc(C(=O)Nc2cc(N3CCN(C=O)CC3)ccc2OC)c1. The standard InChI is InChI=1S/C21H25N3O5/c1-27-17-10-15(11-18(13-17)28-2)21(26)22-19-12-16(4-5-20(19)29-3)24-8-6-23(14-25)7-9-24/h4-5,10-14H,6-9H2,1-3H3,(H,22,26). The van der Waals surface area contributed by atoms with E-state index in [0.717, 1.165) is 25.2 Å². The third-order valence-electron chi connectivity index (χ3n) is 4.87. The fourth-order valence-corrected chi connectivity index (χ4v) is 3.21. The van der Waals surface area contributed by atoms with Gasteiger partial charge in [0.25, 0.3) is 5.91 Å². The lowest BCUT2D eigenvalue weighted by molar-refractivity contribution is -0.118. The number of piperazine rings is 1. The summed E-state index contributed by atoms with van der Waals surface area (Å²) in [5, 5.41) is 2.91. The average molecular weight is 399 g/mol. The van der Waals surface area contributed by atoms with Gasteiger partial charge in [0.05, 0.1) is 27.0 Å². The van der Waals surface area contributed by atoms with Crippen LogP contribution in [0.4, 0.5) is 11.4 Å². The summed E-state index contributed by atoms with van der Waals surface area (Å²) in [6.45, 7) is 2.79. The highest BCUT2D eigenvalue weighted by atomic mass is 16.5. The first-order valence-electron chi connectivity index (χ1n) is 9.24. The van der Waals surface area contributed by atoms with E-state index in [1.807, 2.05) is 18.2 Å². The highest BCUT2D eigenvalue weighted by Gasteiger charge is 2.18. The van der Waals surface area contributed by atoms with E-state index in [-0.39, 0.29) is 5.91 Å². The van der Waals surface area contributed by atoms with Crippen molar-refractivity contribution in [1.82, 2.24) is 4.90 Å². The van der Waals surface area contributed by atoms with E-state index in [2.05, 4.69) is 10.2 Å². The van der Waals surface area contributed by atoms with Gasteiger partial charge in [0.1, 0.15) is 17.2 Å². The molecule has 0 aliphatic carbocycles. The fraction of sp³-hybridized carbons (Fsp3) is 0.333. The molecule has 2 aromatic rings. The molecule has 1 aliphatic rings. The molecule has 0 atom stereocenters. The number of carbonyl (C=O) groups is 2. The summed E-state index contributed by atoms with van der Waals surface area (Å²) in [6, 6.07) is 10.6. The first-order chi connectivity index (χ1) is 14.1. The number of amides is 2. The van der Waals surface area contributed by atoms with Crippen LogP contribution in [0.5, 0.6) is 17.2 Å². The summed E-state index contributed by atoms with van der Waals surface area (Å²) < 4.78 is 15.9. The Bertz CT molecular complexity index is 856. The zero-order valence-electron chi connectivity index (χ0n) is 16.8. The maximum absolute atomic E-state index is 12.9. The predicted molar refractivity (Wildman–Crippen MR) is 110 cm³/mol. The molecule has 2 aromatic carbocycles. The van der Waals surface area contributed by atoms with Crippen LogP contribution >= 0.6 is 0 Å². The molecule has 1 saturated heterocycles. The number of hydrogen-bond acceptors (Lipinski definition) is 6. The Morgan fingerprint density at radius 3 is 2.14 bits per heavy atom. The Morgan fingerprint density at radius 2 is 1.59 bits per heavy atom. The van der Waals surface area contributed by atoms with Gasteiger partial charge in [0.2, 0.25) is 6.41 Å². The third-order valence-corrected chi connectivity index (χ3v) is 4.87. The largest absolute Gasteiger partial charge is 0.497 e. The Labute approximate surface area is 170 Å². The van der Waals surface area contributed by atoms with E-state index >= 15 is 0 Å². The summed E-state index contributed by atoms with van der Waals surface area (Å²) in [5.74, 6) is 1.32. The van der Waals surface area contributed by atoms with Crippen molar-refractivity contribution < 1.29 is 23.8 Å². The number of ether oxygens (including phenoxy) is 3. The van der Waals surface area contributed by atoms with Crippen molar-refractivity contribution in [2.45, 2.75) is 0 Å². The molecule has 8 heteroatoms. The minimum atomic E-state index is -0.302. The van der Waals surface area contributed by atoms with E-state index in [4.69, 9.17) is 14.2 Å². The van der Waals surface area contributed by atoms with Gasteiger partial charge in [0, 0.05) is 43.5 Å². The molecule has 3 rings (SSSR count). The number of rotatable bonds is 7. The highest BCUT2D eigenvalue weighted by Crippen LogP contribution is 2.31. The summed E-state index contributed by atoms with van der Waals surface area (Å²) in [4.78, 5) is 27.7. The molecule has 8 nitrogen and oxygen atoms in total. The predicted octanol–water partition coefficient (Wildman–Crippen LogP) is 2.24. The topological polar surface area (TPSA) is 80.3 Å². The number of hydrogen-bond donors (Lipinski definition) is 1. The van der Waals surface area contributed by atoms with Gasteiger partial charge in [-0.15, -0.1) is 0 Å². The number of carbonyl (C=O) groups excluding carboxylic acids is 2. The summed E-state index contributed by atoms with van der Waals surface area (Å²) >= 11 is 0. The second-order valence-electron chi connectivity index (χ2n) is 6.57. The van der Waals surface area contributed by atoms with Crippen LogP contribution in [0.2, 0.25) is 0 Å². The van der Waals surface area contributed by atoms with Gasteiger partial charge in [-0.25, -0.2) is 0 Å². The van der Waals surface area contributed by atoms with Crippen molar-refractivity contribution in [1.29, 1.82) is 0 Å². The van der Waals surface area contributed by atoms with Crippen LogP contribution in [0.3, 0.4) is 0 Å². The van der Waals surface area contributed by atoms with Gasteiger partial charge >= 0.3 is 0 Å². The molecule has 0 bridgehead atoms. The molecule has 0 spiro atoms. The fourth-order valence-electron chi connectivity index (χ4n) is 3.21. The molecule has 1 aliphatic heterocycles. The monoisotopic (exact) mass is 399 g/mol. The molecule has 2 amide bonds. The van der Waals surface area contributed by atoms with Gasteiger partial charge < -0.3 is 29.3 Å². The number of anilines is 2. The van der Waals surface area contributed by atoms with Crippen LogP contribution in [0, 0.1) is 0 Å². The van der Waals surface area contributed by atoms with Crippen LogP contribution in [0.15, 0.2) is 36.4 Å². The Morgan fingerprint density at radius 1 is 0.931 bits per heavy atom. The van der Waals surface area contributed by atoms with E-state index in [1.165, 1.54) is 14.2 Å². The van der Waals surface area contributed by atoms with Gasteiger partial charge in [0.15, 0.2) is 0 Å². The van der Waals surface area contributed by atoms with Crippen LogP contribution < -0.4 is 24.4 Å². The Hall–Kier alpha value is -3.42. The molecule has 0 aromatic heterocycles. The van der Waals surface area contributed by atoms with Crippen LogP contribution in [0.1, 0.15) is 10.4 Å². The smallest absolute Gasteiger partial charge is 0.256 e. The molecule has 154 valence electrons. The summed E-state index contributed by atoms with van der Waals surface area (Å²) in [7, 11) is 4.63. The molecular formula is C21H25N3O5. The average Bonchev–Trinajstić information content (AvgIpc) is 2.78. The van der Waals surface area contributed by atoms with Gasteiger partial charge in [-0.05, 0) is 30.3 Å². The normalized spacial score (nSPS) is 13.6. The van der Waals surface area contributed by atoms with Crippen molar-refractivity contribution in [3.63, 3.8) is 0 Å². The lowest BCUT2D eigenvalue weighted by Crippen LogP contribution is -2.45. The first kappa shape index (κ1) is 20.3. The van der Waals surface area contributed by atoms with Crippen LogP contribution in [0.25, 0.3) is 0 Å². The Kier molecular flexibility index (Phi) is 6.43. The molecule has 1 N–H and O–H groups in total. The maximum Gasteiger partial charge on any atom is 0.256 e. The molecule has 1 heterocycles. The van der Waals surface area contributed by atoms with Crippen molar-refractivity contribution in [2.24, 2.45) is 0 Å². The van der Waals surface area contributed by atoms with Crippen molar-refractivity contribution in [3.05, 3.63) is 42.0 Å². The number of methoxy groups -OCH3 is 3. The molecular weight excluding hydrogens is 374 g/mol. The third kappa shape index (κ3) is 4.71. The zero-order valence-corrected chi connectivity index (χ0v) is 16.8. The summed E-state index contributed by atoms with van der Waals surface area (Å²) in [6.07, 6.45) is 0.874. The zero-order chi connectivity index (χ0) is 20.8. The second kappa shape index (κ2) is 9.18. The highest BCUT2D eigenvalue weighted by molar-refractivity contribution is 6.05. The maximum atomic E-state index is 12.9. The molecule has 0 unspecified atom stereocenters. The van der Waals surface area contributed by atoms with Crippen molar-refractivity contribution in [3.8, 4) is 17.2 Å². The minimum absolute atomic E-state index is 0.302. The molecule has 0 saturated carbocycles. The number of benzene rings is 2. The molecule has 29 heavy (non-hydrogen) atoms. The molecule has 0 radical (unpaired) electrons. The van der Waals surface area contributed by atoms with E-state index in [1.54, 1.807) is 30.2 Å².